The van der Waals surface area contributed by atoms with Crippen molar-refractivity contribution in [1.29, 1.82) is 0 Å². The predicted molar refractivity (Wildman–Crippen MR) is 90.6 cm³/mol. The molecule has 1 saturated carbocycles. The van der Waals surface area contributed by atoms with E-state index in [0.29, 0.717) is 12.6 Å². The summed E-state index contributed by atoms with van der Waals surface area (Å²) in [5.41, 5.74) is 0.833. The molecule has 5 heteroatoms. The van der Waals surface area contributed by atoms with Gasteiger partial charge < -0.3 is 0 Å². The number of thiophene rings is 1. The maximum absolute atomic E-state index is 12.5. The first-order valence-corrected chi connectivity index (χ1v) is 9.77. The average Bonchev–Trinajstić information content (AvgIpc) is 2.78. The molecule has 1 aromatic rings. The monoisotopic (exact) mass is 419 g/mol. The molecule has 0 radical (unpaired) electrons. The Morgan fingerprint density at radius 1 is 1.25 bits per heavy atom. The molecule has 1 aliphatic carbocycles. The van der Waals surface area contributed by atoms with Gasteiger partial charge >= 0.3 is 0 Å². The standard InChI is InChI=1S/C15H19Br2NOS/c16-14-8-11(15(17)20-14)13(19)9-18-7-3-5-10-4-1-2-6-12(10)18/h8,10,12H,1-7,9H2/t10-,12-/m1/s1. The van der Waals surface area contributed by atoms with Gasteiger partial charge in [-0.25, -0.2) is 0 Å². The zero-order chi connectivity index (χ0) is 14.1. The molecule has 0 amide bonds. The van der Waals surface area contributed by atoms with Gasteiger partial charge in [0.15, 0.2) is 5.78 Å². The predicted octanol–water partition coefficient (Wildman–Crippen LogP) is 5.11. The van der Waals surface area contributed by atoms with Crippen molar-refractivity contribution in [3.8, 4) is 0 Å². The van der Waals surface area contributed by atoms with E-state index in [0.717, 1.165) is 25.6 Å². The molecule has 3 rings (SSSR count). The molecule has 2 heterocycles. The van der Waals surface area contributed by atoms with Crippen molar-refractivity contribution >= 4 is 49.0 Å². The van der Waals surface area contributed by atoms with Crippen molar-refractivity contribution in [1.82, 2.24) is 4.90 Å². The third-order valence-corrected chi connectivity index (χ3v) is 7.00. The summed E-state index contributed by atoms with van der Waals surface area (Å²) >= 11 is 8.53. The molecule has 2 atom stereocenters. The number of ketones is 1. The van der Waals surface area contributed by atoms with Crippen LogP contribution in [0.5, 0.6) is 0 Å². The Balaban J connectivity index is 1.70. The highest BCUT2D eigenvalue weighted by Crippen LogP contribution is 2.36. The van der Waals surface area contributed by atoms with E-state index in [2.05, 4.69) is 36.8 Å². The van der Waals surface area contributed by atoms with Crippen molar-refractivity contribution in [3.63, 3.8) is 0 Å². The van der Waals surface area contributed by atoms with Gasteiger partial charge in [0.05, 0.1) is 14.1 Å². The fourth-order valence-corrected chi connectivity index (χ4v) is 6.58. The molecular formula is C15H19Br2NOS. The minimum atomic E-state index is 0.255. The molecule has 2 aliphatic rings. The van der Waals surface area contributed by atoms with Crippen LogP contribution in [0.4, 0.5) is 0 Å². The fraction of sp³-hybridized carbons (Fsp3) is 0.667. The number of carbonyl (C=O) groups excluding carboxylic acids is 1. The molecule has 1 saturated heterocycles. The number of halogens is 2. The van der Waals surface area contributed by atoms with Crippen LogP contribution in [-0.4, -0.2) is 29.8 Å². The summed E-state index contributed by atoms with van der Waals surface area (Å²) in [5, 5.41) is 0. The van der Waals surface area contributed by atoms with Gasteiger partial charge in [0.2, 0.25) is 0 Å². The molecule has 1 aliphatic heterocycles. The highest BCUT2D eigenvalue weighted by atomic mass is 79.9. The number of nitrogens with zero attached hydrogens (tertiary/aromatic N) is 1. The molecule has 0 aromatic carbocycles. The van der Waals surface area contributed by atoms with Crippen LogP contribution < -0.4 is 0 Å². The zero-order valence-corrected chi connectivity index (χ0v) is 15.4. The van der Waals surface area contributed by atoms with Gasteiger partial charge in [-0.2, -0.15) is 0 Å². The van der Waals surface area contributed by atoms with E-state index in [1.165, 1.54) is 38.5 Å². The van der Waals surface area contributed by atoms with E-state index >= 15 is 0 Å². The molecule has 0 N–H and O–H groups in total. The van der Waals surface area contributed by atoms with Crippen LogP contribution in [0.1, 0.15) is 48.9 Å². The van der Waals surface area contributed by atoms with Gasteiger partial charge in [0.25, 0.3) is 0 Å². The Bertz CT molecular complexity index is 500. The number of likely N-dealkylation sites (tertiary alicyclic amines) is 1. The Morgan fingerprint density at radius 2 is 2.00 bits per heavy atom. The van der Waals surface area contributed by atoms with Crippen LogP contribution in [0.15, 0.2) is 13.6 Å². The van der Waals surface area contributed by atoms with Crippen LogP contribution in [0.2, 0.25) is 0 Å². The number of hydrogen-bond donors (Lipinski definition) is 0. The Morgan fingerprint density at radius 3 is 2.75 bits per heavy atom. The van der Waals surface area contributed by atoms with Crippen molar-refractivity contribution in [2.24, 2.45) is 5.92 Å². The van der Waals surface area contributed by atoms with Gasteiger partial charge in [-0.1, -0.05) is 12.8 Å². The lowest BCUT2D eigenvalue weighted by Gasteiger charge is -2.43. The first-order valence-electron chi connectivity index (χ1n) is 7.37. The smallest absolute Gasteiger partial charge is 0.178 e. The molecule has 2 nitrogen and oxygen atoms in total. The number of rotatable bonds is 3. The normalized spacial score (nSPS) is 27.3. The number of Topliss-reactive ketones (excluding diaryl/α,β-unsaturated/α-hetero) is 1. The van der Waals surface area contributed by atoms with E-state index in [-0.39, 0.29) is 5.78 Å². The molecule has 1 aromatic heterocycles. The minimum absolute atomic E-state index is 0.255. The third-order valence-electron chi connectivity index (χ3n) is 4.66. The van der Waals surface area contributed by atoms with Crippen molar-refractivity contribution in [2.75, 3.05) is 13.1 Å². The van der Waals surface area contributed by atoms with Crippen LogP contribution >= 0.6 is 43.2 Å². The van der Waals surface area contributed by atoms with Crippen molar-refractivity contribution < 1.29 is 4.79 Å². The van der Waals surface area contributed by atoms with Crippen molar-refractivity contribution in [2.45, 2.75) is 44.6 Å². The summed E-state index contributed by atoms with van der Waals surface area (Å²) in [6.07, 6.45) is 7.98. The van der Waals surface area contributed by atoms with E-state index in [9.17, 15) is 4.79 Å². The molecule has 0 spiro atoms. The largest absolute Gasteiger partial charge is 0.293 e. The highest BCUT2D eigenvalue weighted by molar-refractivity contribution is 9.12. The average molecular weight is 421 g/mol. The Kier molecular flexibility index (Phi) is 5.01. The number of hydrogen-bond acceptors (Lipinski definition) is 3. The van der Waals surface area contributed by atoms with E-state index in [1.54, 1.807) is 11.3 Å². The lowest BCUT2D eigenvalue weighted by atomic mass is 9.78. The summed E-state index contributed by atoms with van der Waals surface area (Å²) in [6, 6.07) is 2.60. The Labute approximate surface area is 141 Å². The van der Waals surface area contributed by atoms with Gasteiger partial charge in [0, 0.05) is 11.6 Å². The first-order chi connectivity index (χ1) is 9.65. The lowest BCUT2D eigenvalue weighted by Crippen LogP contribution is -2.48. The molecule has 0 unspecified atom stereocenters. The molecule has 2 fully saturated rings. The second-order valence-electron chi connectivity index (χ2n) is 5.89. The second-order valence-corrected chi connectivity index (χ2v) is 9.63. The van der Waals surface area contributed by atoms with Crippen molar-refractivity contribution in [3.05, 3.63) is 19.2 Å². The summed E-state index contributed by atoms with van der Waals surface area (Å²) in [6.45, 7) is 1.68. The van der Waals surface area contributed by atoms with Gasteiger partial charge in [-0.05, 0) is 76.1 Å². The van der Waals surface area contributed by atoms with Crippen LogP contribution in [-0.2, 0) is 0 Å². The number of fused-ring (bicyclic) bond motifs is 1. The number of carbonyl (C=O) groups is 1. The zero-order valence-electron chi connectivity index (χ0n) is 11.4. The summed E-state index contributed by atoms with van der Waals surface area (Å²) < 4.78 is 1.97. The van der Waals surface area contributed by atoms with Crippen LogP contribution in [0, 0.1) is 5.92 Å². The molecular weight excluding hydrogens is 402 g/mol. The lowest BCUT2D eigenvalue weighted by molar-refractivity contribution is 0.0539. The van der Waals surface area contributed by atoms with E-state index in [1.807, 2.05) is 6.07 Å². The van der Waals surface area contributed by atoms with E-state index in [4.69, 9.17) is 0 Å². The summed E-state index contributed by atoms with van der Waals surface area (Å²) in [7, 11) is 0. The summed E-state index contributed by atoms with van der Waals surface area (Å²) in [5.74, 6) is 1.09. The molecule has 110 valence electrons. The Hall–Kier alpha value is 0.290. The quantitative estimate of drug-likeness (QED) is 0.633. The van der Waals surface area contributed by atoms with E-state index < -0.39 is 0 Å². The molecule has 20 heavy (non-hydrogen) atoms. The maximum Gasteiger partial charge on any atom is 0.178 e. The van der Waals surface area contributed by atoms with Gasteiger partial charge in [0.1, 0.15) is 0 Å². The first kappa shape index (κ1) is 15.2. The SMILES string of the molecule is O=C(CN1CCC[C@H]2CCCC[C@H]21)c1cc(Br)sc1Br. The van der Waals surface area contributed by atoms with Crippen LogP contribution in [0.3, 0.4) is 0 Å². The molecule has 0 bridgehead atoms. The highest BCUT2D eigenvalue weighted by Gasteiger charge is 2.34. The summed E-state index contributed by atoms with van der Waals surface area (Å²) in [4.78, 5) is 15.0. The van der Waals surface area contributed by atoms with Gasteiger partial charge in [-0.3, -0.25) is 9.69 Å². The number of piperidine rings is 1. The topological polar surface area (TPSA) is 20.3 Å². The maximum atomic E-state index is 12.5. The van der Waals surface area contributed by atoms with Gasteiger partial charge in [-0.15, -0.1) is 11.3 Å². The third kappa shape index (κ3) is 3.21. The minimum Gasteiger partial charge on any atom is -0.293 e. The fourth-order valence-electron chi connectivity index (χ4n) is 3.72. The van der Waals surface area contributed by atoms with Crippen LogP contribution in [0.25, 0.3) is 0 Å². The second kappa shape index (κ2) is 6.59.